The first-order chi connectivity index (χ1) is 16.2. The Hall–Kier alpha value is -3.86. The van der Waals surface area contributed by atoms with E-state index in [1.807, 2.05) is 0 Å². The van der Waals surface area contributed by atoms with Crippen molar-refractivity contribution in [3.8, 4) is 5.69 Å². The highest BCUT2D eigenvalue weighted by molar-refractivity contribution is 6.30. The zero-order valence-electron chi connectivity index (χ0n) is 18.3. The van der Waals surface area contributed by atoms with E-state index in [-0.39, 0.29) is 18.1 Å². The monoisotopic (exact) mass is 488 g/mol. The summed E-state index contributed by atoms with van der Waals surface area (Å²) in [4.78, 5) is 36.2. The molecule has 3 heterocycles. The fourth-order valence-electron chi connectivity index (χ4n) is 3.93. The normalized spacial score (nSPS) is 16.8. The van der Waals surface area contributed by atoms with E-state index in [4.69, 9.17) is 17.3 Å². The fraction of sp³-hybridized carbons (Fsp3) is 0.227. The summed E-state index contributed by atoms with van der Waals surface area (Å²) in [5.74, 6) is -2.01. The van der Waals surface area contributed by atoms with Crippen LogP contribution in [0.4, 0.5) is 8.78 Å². The van der Waals surface area contributed by atoms with Gasteiger partial charge in [-0.3, -0.25) is 9.59 Å². The second kappa shape index (κ2) is 9.18. The minimum absolute atomic E-state index is 0.114. The first-order valence-corrected chi connectivity index (χ1v) is 10.7. The Morgan fingerprint density at radius 2 is 1.97 bits per heavy atom. The average molecular weight is 489 g/mol. The predicted molar refractivity (Wildman–Crippen MR) is 121 cm³/mol. The van der Waals surface area contributed by atoms with Crippen LogP contribution in [0, 0.1) is 11.6 Å². The van der Waals surface area contributed by atoms with Gasteiger partial charge in [-0.25, -0.2) is 23.4 Å². The maximum Gasteiger partial charge on any atom is 0.294 e. The smallest absolute Gasteiger partial charge is 0.294 e. The number of aromatic amines is 1. The molecule has 2 aromatic heterocycles. The Labute approximate surface area is 197 Å². The van der Waals surface area contributed by atoms with E-state index in [2.05, 4.69) is 20.1 Å². The molecule has 176 valence electrons. The summed E-state index contributed by atoms with van der Waals surface area (Å²) in [6.07, 6.45) is 2.93. The van der Waals surface area contributed by atoms with E-state index in [1.165, 1.54) is 40.3 Å². The fourth-order valence-corrected chi connectivity index (χ4v) is 4.08. The minimum atomic E-state index is -0.706. The zero-order valence-corrected chi connectivity index (χ0v) is 19.0. The second-order valence-corrected chi connectivity index (χ2v) is 8.12. The molecule has 0 bridgehead atoms. The lowest BCUT2D eigenvalue weighted by molar-refractivity contribution is -0.418. The molecule has 1 aliphatic rings. The van der Waals surface area contributed by atoms with E-state index in [1.54, 1.807) is 14.0 Å². The van der Waals surface area contributed by atoms with Gasteiger partial charge in [-0.1, -0.05) is 11.6 Å². The molecule has 12 heteroatoms. The molecule has 3 aromatic rings. The number of carbonyl (C=O) groups excluding carboxylic acids is 1. The topological polar surface area (TPSA) is 124 Å². The van der Waals surface area contributed by atoms with Gasteiger partial charge in [-0.15, -0.1) is 5.10 Å². The molecule has 0 radical (unpaired) electrons. The first kappa shape index (κ1) is 23.3. The molecule has 34 heavy (non-hydrogen) atoms. The maximum atomic E-state index is 13.8. The molecular weight excluding hydrogens is 468 g/mol. The molecule has 4 N–H and O–H groups in total. The van der Waals surface area contributed by atoms with Gasteiger partial charge in [-0.05, 0) is 31.5 Å². The highest BCUT2D eigenvalue weighted by atomic mass is 35.5. The Morgan fingerprint density at radius 1 is 1.26 bits per heavy atom. The molecular formula is C22H21ClF2N7O2+. The average Bonchev–Trinajstić information content (AvgIpc) is 3.28. The van der Waals surface area contributed by atoms with Crippen molar-refractivity contribution in [1.82, 2.24) is 24.6 Å². The molecule has 1 aliphatic heterocycles. The Bertz CT molecular complexity index is 1380. The Kier molecular flexibility index (Phi) is 6.29. The lowest BCUT2D eigenvalue weighted by Gasteiger charge is -2.34. The summed E-state index contributed by atoms with van der Waals surface area (Å²) in [7, 11) is 1.63. The third-order valence-electron chi connectivity index (χ3n) is 5.61. The van der Waals surface area contributed by atoms with Crippen LogP contribution in [0.25, 0.3) is 5.69 Å². The predicted octanol–water partition coefficient (Wildman–Crippen LogP) is 0.534. The van der Waals surface area contributed by atoms with Gasteiger partial charge in [0, 0.05) is 30.1 Å². The van der Waals surface area contributed by atoms with Crippen LogP contribution in [0.3, 0.4) is 0 Å². The van der Waals surface area contributed by atoms with Crippen molar-refractivity contribution < 1.29 is 18.6 Å². The highest BCUT2D eigenvalue weighted by Crippen LogP contribution is 2.25. The number of H-pyrrole nitrogens is 1. The third-order valence-corrected chi connectivity index (χ3v) is 5.83. The zero-order chi connectivity index (χ0) is 24.6. The van der Waals surface area contributed by atoms with Crippen LogP contribution in [0.1, 0.15) is 29.5 Å². The molecule has 9 nitrogen and oxygen atoms in total. The van der Waals surface area contributed by atoms with Crippen molar-refractivity contribution in [2.75, 3.05) is 13.6 Å². The summed E-state index contributed by atoms with van der Waals surface area (Å²) >= 11 is 5.93. The van der Waals surface area contributed by atoms with Crippen molar-refractivity contribution in [2.45, 2.75) is 19.4 Å². The molecule has 0 fully saturated rings. The second-order valence-electron chi connectivity index (χ2n) is 7.69. The number of nitrogens with two attached hydrogens (primary N) is 1. The van der Waals surface area contributed by atoms with Gasteiger partial charge in [0.2, 0.25) is 11.5 Å². The van der Waals surface area contributed by atoms with Gasteiger partial charge in [-0.2, -0.15) is 0 Å². The molecule has 0 aliphatic carbocycles. The van der Waals surface area contributed by atoms with Gasteiger partial charge in [0.25, 0.3) is 11.5 Å². The number of hydrogen-bond donors (Lipinski definition) is 3. The third kappa shape index (κ3) is 4.34. The molecule has 1 aromatic carbocycles. The number of halogens is 3. The van der Waals surface area contributed by atoms with E-state index in [9.17, 15) is 18.4 Å². The van der Waals surface area contributed by atoms with E-state index >= 15 is 0 Å². The largest absolute Gasteiger partial charge is 0.400 e. The number of aromatic nitrogens is 4. The van der Waals surface area contributed by atoms with Crippen LogP contribution in [0.2, 0.25) is 5.02 Å². The van der Waals surface area contributed by atoms with Crippen LogP contribution in [0.15, 0.2) is 52.9 Å². The Morgan fingerprint density at radius 3 is 2.65 bits per heavy atom. The number of benzene rings is 1. The van der Waals surface area contributed by atoms with Gasteiger partial charge < -0.3 is 15.6 Å². The number of hydrogen-bond acceptors (Lipinski definition) is 5. The first-order valence-electron chi connectivity index (χ1n) is 10.3. The molecule has 1 atom stereocenters. The number of carbonyl (C=O) groups is 1. The minimum Gasteiger partial charge on any atom is -0.400 e. The van der Waals surface area contributed by atoms with Crippen LogP contribution >= 0.6 is 11.6 Å². The van der Waals surface area contributed by atoms with Crippen molar-refractivity contribution in [1.29, 1.82) is 0 Å². The summed E-state index contributed by atoms with van der Waals surface area (Å²) in [6, 6.07) is 4.09. The quantitative estimate of drug-likeness (QED) is 0.462. The summed E-state index contributed by atoms with van der Waals surface area (Å²) in [5.41, 5.74) is 7.89. The number of pyridine rings is 1. The van der Waals surface area contributed by atoms with Gasteiger partial charge in [0.15, 0.2) is 0 Å². The SMILES string of the molecule is C[NH+]=C(C1=C(N)[C@H](C)N(C(=O)c2ncn(-c3cc(Cl)c[nH]c3=O)n2)CC1)c1cc(F)cc(F)c1. The van der Waals surface area contributed by atoms with Crippen LogP contribution in [-0.2, 0) is 0 Å². The molecule has 0 unspecified atom stereocenters. The van der Waals surface area contributed by atoms with Crippen molar-refractivity contribution in [3.63, 3.8) is 0 Å². The van der Waals surface area contributed by atoms with Gasteiger partial charge in [0.05, 0.1) is 16.6 Å². The van der Waals surface area contributed by atoms with E-state index in [0.717, 1.165) is 6.07 Å². The number of nitrogens with one attached hydrogen (secondary N) is 2. The molecule has 0 saturated heterocycles. The number of rotatable bonds is 4. The van der Waals surface area contributed by atoms with Crippen LogP contribution in [0.5, 0.6) is 0 Å². The van der Waals surface area contributed by atoms with Crippen molar-refractivity contribution in [3.05, 3.63) is 86.5 Å². The van der Waals surface area contributed by atoms with E-state index < -0.39 is 29.1 Å². The van der Waals surface area contributed by atoms with Crippen molar-refractivity contribution in [2.24, 2.45) is 5.73 Å². The summed E-state index contributed by atoms with van der Waals surface area (Å²) in [6.45, 7) is 2.01. The summed E-state index contributed by atoms with van der Waals surface area (Å²) in [5, 5.41) is 4.43. The summed E-state index contributed by atoms with van der Waals surface area (Å²) < 4.78 is 28.7. The van der Waals surface area contributed by atoms with Crippen LogP contribution in [-0.4, -0.2) is 55.9 Å². The van der Waals surface area contributed by atoms with Crippen LogP contribution < -0.4 is 16.3 Å². The lowest BCUT2D eigenvalue weighted by atomic mass is 9.91. The molecule has 1 amide bonds. The molecule has 0 saturated carbocycles. The lowest BCUT2D eigenvalue weighted by Crippen LogP contribution is -2.69. The Balaban J connectivity index is 1.61. The van der Waals surface area contributed by atoms with E-state index in [0.29, 0.717) is 34.0 Å². The van der Waals surface area contributed by atoms with Gasteiger partial charge in [0.1, 0.15) is 30.7 Å². The maximum absolute atomic E-state index is 13.8. The highest BCUT2D eigenvalue weighted by Gasteiger charge is 2.34. The number of nitrogens with zero attached hydrogens (tertiary/aromatic N) is 4. The molecule has 4 rings (SSSR count). The standard InChI is InChI=1S/C22H20ClF2N7O2/c1-11-18(26)16(19(27-2)12-5-14(24)8-15(25)6-12)3-4-31(11)22(34)20-29-10-32(30-20)17-7-13(23)9-28-21(17)33/h5-11H,3-4,26H2,1-2H3,(H,28,33)/p+1/t11-/m0/s1. The molecule has 0 spiro atoms. The van der Waals surface area contributed by atoms with Gasteiger partial charge >= 0.3 is 0 Å². The van der Waals surface area contributed by atoms with Crippen molar-refractivity contribution >= 4 is 23.2 Å². The number of amides is 1.